The predicted molar refractivity (Wildman–Crippen MR) is 124 cm³/mol. The van der Waals surface area contributed by atoms with Gasteiger partial charge in [0.2, 0.25) is 5.91 Å². The van der Waals surface area contributed by atoms with Crippen LogP contribution in [0.4, 0.5) is 4.79 Å². The van der Waals surface area contributed by atoms with E-state index in [0.717, 1.165) is 30.4 Å². The zero-order valence-corrected chi connectivity index (χ0v) is 18.8. The number of hydrogen-bond donors (Lipinski definition) is 3. The normalized spacial score (nSPS) is 16.6. The van der Waals surface area contributed by atoms with Gasteiger partial charge in [0.1, 0.15) is 6.61 Å². The van der Waals surface area contributed by atoms with Gasteiger partial charge >= 0.3 is 12.1 Å². The molecule has 7 nitrogen and oxygen atoms in total. The van der Waals surface area contributed by atoms with Gasteiger partial charge in [-0.1, -0.05) is 55.0 Å². The quantitative estimate of drug-likeness (QED) is 0.534. The second kappa shape index (κ2) is 9.65. The Bertz CT molecular complexity index is 1000. The molecule has 0 bridgehead atoms. The summed E-state index contributed by atoms with van der Waals surface area (Å²) in [5.74, 6) is -1.13. The van der Waals surface area contributed by atoms with E-state index in [4.69, 9.17) is 9.84 Å². The summed E-state index contributed by atoms with van der Waals surface area (Å²) in [7, 11) is 0. The molecule has 0 spiro atoms. The molecule has 2 aromatic carbocycles. The predicted octanol–water partition coefficient (Wildman–Crippen LogP) is 4.06. The Morgan fingerprint density at radius 3 is 2.21 bits per heavy atom. The summed E-state index contributed by atoms with van der Waals surface area (Å²) in [5, 5.41) is 14.4. The first-order valence-electron chi connectivity index (χ1n) is 11.5. The molecule has 1 unspecified atom stereocenters. The zero-order valence-electron chi connectivity index (χ0n) is 18.8. The lowest BCUT2D eigenvalue weighted by molar-refractivity contribution is -0.137. The van der Waals surface area contributed by atoms with Gasteiger partial charge in [0.25, 0.3) is 0 Å². The van der Waals surface area contributed by atoms with E-state index >= 15 is 0 Å². The van der Waals surface area contributed by atoms with E-state index in [1.807, 2.05) is 24.3 Å². The molecule has 174 valence electrons. The molecule has 2 aliphatic carbocycles. The summed E-state index contributed by atoms with van der Waals surface area (Å²) in [5.41, 5.74) is 4.39. The van der Waals surface area contributed by atoms with Crippen LogP contribution in [0.2, 0.25) is 0 Å². The first-order valence-corrected chi connectivity index (χ1v) is 11.5. The van der Waals surface area contributed by atoms with Gasteiger partial charge in [-0.15, -0.1) is 0 Å². The highest BCUT2D eigenvalue weighted by Crippen LogP contribution is 2.45. The molecule has 4 rings (SSSR count). The molecular weight excluding hydrogens is 420 g/mol. The molecule has 2 aromatic rings. The van der Waals surface area contributed by atoms with E-state index in [1.54, 1.807) is 6.92 Å². The monoisotopic (exact) mass is 450 g/mol. The molecule has 0 saturated heterocycles. The van der Waals surface area contributed by atoms with Crippen LogP contribution in [0.15, 0.2) is 48.5 Å². The van der Waals surface area contributed by atoms with E-state index in [1.165, 1.54) is 11.1 Å². The molecule has 1 saturated carbocycles. The van der Waals surface area contributed by atoms with Crippen LogP contribution >= 0.6 is 0 Å². The van der Waals surface area contributed by atoms with Crippen LogP contribution in [-0.4, -0.2) is 42.3 Å². The smallest absolute Gasteiger partial charge is 0.407 e. The van der Waals surface area contributed by atoms with Crippen LogP contribution < -0.4 is 10.6 Å². The van der Waals surface area contributed by atoms with Crippen molar-refractivity contribution in [2.45, 2.75) is 51.0 Å². The molecule has 1 fully saturated rings. The molecular formula is C26H30N2O5. The third-order valence-electron chi connectivity index (χ3n) is 6.79. The summed E-state index contributed by atoms with van der Waals surface area (Å²) in [4.78, 5) is 35.7. The fraction of sp³-hybridized carbons (Fsp3) is 0.423. The summed E-state index contributed by atoms with van der Waals surface area (Å²) in [6, 6.07) is 15.9. The lowest BCUT2D eigenvalue weighted by atomic mass is 9.66. The number of amides is 2. The van der Waals surface area contributed by atoms with Crippen molar-refractivity contribution in [3.05, 3.63) is 59.7 Å². The summed E-state index contributed by atoms with van der Waals surface area (Å²) >= 11 is 0. The molecule has 3 N–H and O–H groups in total. The van der Waals surface area contributed by atoms with Crippen molar-refractivity contribution in [3.63, 3.8) is 0 Å². The first kappa shape index (κ1) is 22.8. The fourth-order valence-corrected chi connectivity index (χ4v) is 4.98. The van der Waals surface area contributed by atoms with Gasteiger partial charge in [-0.3, -0.25) is 9.59 Å². The van der Waals surface area contributed by atoms with Gasteiger partial charge in [-0.25, -0.2) is 4.79 Å². The van der Waals surface area contributed by atoms with Crippen molar-refractivity contribution in [2.75, 3.05) is 13.2 Å². The van der Waals surface area contributed by atoms with Crippen LogP contribution in [0.5, 0.6) is 0 Å². The van der Waals surface area contributed by atoms with Crippen LogP contribution in [-0.2, 0) is 14.3 Å². The lowest BCUT2D eigenvalue weighted by Gasteiger charge is -2.41. The van der Waals surface area contributed by atoms with E-state index in [2.05, 4.69) is 34.9 Å². The number of benzene rings is 2. The molecule has 0 aromatic heterocycles. The number of carbonyl (C=O) groups excluding carboxylic acids is 2. The summed E-state index contributed by atoms with van der Waals surface area (Å²) < 4.78 is 5.60. The van der Waals surface area contributed by atoms with Crippen LogP contribution in [0.25, 0.3) is 11.1 Å². The third-order valence-corrected chi connectivity index (χ3v) is 6.79. The van der Waals surface area contributed by atoms with E-state index in [9.17, 15) is 14.4 Å². The van der Waals surface area contributed by atoms with Crippen molar-refractivity contribution in [1.29, 1.82) is 0 Å². The van der Waals surface area contributed by atoms with E-state index in [0.29, 0.717) is 6.54 Å². The molecule has 0 radical (unpaired) electrons. The molecule has 2 aliphatic rings. The first-order chi connectivity index (χ1) is 15.9. The van der Waals surface area contributed by atoms with Gasteiger partial charge < -0.3 is 20.5 Å². The summed E-state index contributed by atoms with van der Waals surface area (Å²) in [6.07, 6.45) is 2.36. The zero-order chi connectivity index (χ0) is 23.4. The highest BCUT2D eigenvalue weighted by Gasteiger charge is 2.39. The largest absolute Gasteiger partial charge is 0.481 e. The number of rotatable bonds is 9. The van der Waals surface area contributed by atoms with Crippen molar-refractivity contribution in [2.24, 2.45) is 5.41 Å². The number of alkyl carbamates (subject to hydrolysis) is 1. The van der Waals surface area contributed by atoms with Gasteiger partial charge in [0.15, 0.2) is 0 Å². The maximum absolute atomic E-state index is 12.5. The standard InChI is InChI=1S/C26H30N2O5/c1-17(13-24(30)31)28-23(29)14-26(11-6-12-26)16-27-25(32)33-15-22-20-9-4-2-7-18(20)19-8-3-5-10-21(19)22/h2-5,7-10,17,22H,6,11-16H2,1H3,(H,27,32)(H,28,29)(H,30,31). The van der Waals surface area contributed by atoms with Crippen LogP contribution in [0, 0.1) is 5.41 Å². The molecule has 0 heterocycles. The molecule has 33 heavy (non-hydrogen) atoms. The van der Waals surface area contributed by atoms with Crippen LogP contribution in [0.3, 0.4) is 0 Å². The maximum Gasteiger partial charge on any atom is 0.407 e. The number of nitrogens with one attached hydrogen (secondary N) is 2. The second-order valence-corrected chi connectivity index (χ2v) is 9.28. The highest BCUT2D eigenvalue weighted by atomic mass is 16.5. The molecule has 2 amide bonds. The lowest BCUT2D eigenvalue weighted by Crippen LogP contribution is -2.46. The Morgan fingerprint density at radius 1 is 1.06 bits per heavy atom. The topological polar surface area (TPSA) is 105 Å². The van der Waals surface area contributed by atoms with Crippen molar-refractivity contribution < 1.29 is 24.2 Å². The minimum Gasteiger partial charge on any atom is -0.481 e. The van der Waals surface area contributed by atoms with E-state index < -0.39 is 18.1 Å². The maximum atomic E-state index is 12.5. The van der Waals surface area contributed by atoms with Gasteiger partial charge in [0, 0.05) is 24.9 Å². The molecule has 0 aliphatic heterocycles. The Kier molecular flexibility index (Phi) is 6.67. The summed E-state index contributed by atoms with van der Waals surface area (Å²) in [6.45, 7) is 2.29. The number of carboxylic acid groups (broad SMARTS) is 1. The highest BCUT2D eigenvalue weighted by molar-refractivity contribution is 5.79. The molecule has 7 heteroatoms. The average Bonchev–Trinajstić information content (AvgIpc) is 3.07. The van der Waals surface area contributed by atoms with Crippen molar-refractivity contribution in [3.8, 4) is 11.1 Å². The Hall–Kier alpha value is -3.35. The Morgan fingerprint density at radius 2 is 1.67 bits per heavy atom. The fourth-order valence-electron chi connectivity index (χ4n) is 4.98. The van der Waals surface area contributed by atoms with Gasteiger partial charge in [0.05, 0.1) is 6.42 Å². The number of fused-ring (bicyclic) bond motifs is 3. The minimum atomic E-state index is -0.946. The number of carboxylic acids is 1. The number of aliphatic carboxylic acids is 1. The van der Waals surface area contributed by atoms with Gasteiger partial charge in [-0.2, -0.15) is 0 Å². The van der Waals surface area contributed by atoms with Crippen molar-refractivity contribution >= 4 is 18.0 Å². The second-order valence-electron chi connectivity index (χ2n) is 9.28. The number of ether oxygens (including phenoxy) is 1. The van der Waals surface area contributed by atoms with Crippen LogP contribution in [0.1, 0.15) is 56.1 Å². The van der Waals surface area contributed by atoms with Crippen molar-refractivity contribution in [1.82, 2.24) is 10.6 Å². The Balaban J connectivity index is 1.30. The number of hydrogen-bond acceptors (Lipinski definition) is 4. The Labute approximate surface area is 193 Å². The minimum absolute atomic E-state index is 0.00214. The SMILES string of the molecule is CC(CC(=O)O)NC(=O)CC1(CNC(=O)OCC2c3ccccc3-c3ccccc32)CCC1. The molecule has 1 atom stereocenters. The van der Waals surface area contributed by atoms with Gasteiger partial charge in [-0.05, 0) is 47.4 Å². The average molecular weight is 451 g/mol. The third kappa shape index (κ3) is 5.18. The number of carbonyl (C=O) groups is 3. The van der Waals surface area contributed by atoms with E-state index in [-0.39, 0.29) is 36.7 Å².